The molecule has 16 heavy (non-hydrogen) atoms. The van der Waals surface area contributed by atoms with Crippen molar-refractivity contribution in [2.75, 3.05) is 20.3 Å². The summed E-state index contributed by atoms with van der Waals surface area (Å²) in [6.07, 6.45) is 0. The summed E-state index contributed by atoms with van der Waals surface area (Å²) in [7, 11) is 1.62. The summed E-state index contributed by atoms with van der Waals surface area (Å²) < 4.78 is 9.19. The molecule has 0 amide bonds. The monoisotopic (exact) mass is 244 g/mol. The third-order valence-corrected chi connectivity index (χ3v) is 3.41. The summed E-state index contributed by atoms with van der Waals surface area (Å²) in [5, 5.41) is 12.5. The Kier molecular flexibility index (Phi) is 4.70. The average molecular weight is 244 g/mol. The van der Waals surface area contributed by atoms with Gasteiger partial charge >= 0.3 is 0 Å². The third kappa shape index (κ3) is 3.73. The quantitative estimate of drug-likeness (QED) is 0.801. The van der Waals surface area contributed by atoms with Gasteiger partial charge in [0.05, 0.1) is 7.11 Å². The second-order valence-corrected chi connectivity index (χ2v) is 5.53. The van der Waals surface area contributed by atoms with Crippen molar-refractivity contribution in [1.82, 2.24) is 9.69 Å². The number of nitrogens with zero attached hydrogens (tertiary/aromatic N) is 1. The minimum absolute atomic E-state index is 0.0942. The van der Waals surface area contributed by atoms with Gasteiger partial charge in [-0.2, -0.15) is 4.37 Å². The van der Waals surface area contributed by atoms with Crippen LogP contribution in [0.4, 0.5) is 0 Å². The van der Waals surface area contributed by atoms with E-state index in [0.717, 1.165) is 11.4 Å². The Morgan fingerprint density at radius 2 is 2.31 bits per heavy atom. The fraction of sp³-hybridized carbons (Fsp3) is 0.727. The lowest BCUT2D eigenvalue weighted by Gasteiger charge is -2.24. The number of rotatable bonds is 6. The van der Waals surface area contributed by atoms with Crippen molar-refractivity contribution >= 4 is 11.5 Å². The zero-order valence-electron chi connectivity index (χ0n) is 10.3. The molecule has 1 rings (SSSR count). The molecule has 92 valence electrons. The van der Waals surface area contributed by atoms with Crippen LogP contribution >= 0.6 is 11.5 Å². The van der Waals surface area contributed by atoms with Gasteiger partial charge in [0, 0.05) is 35.6 Å². The molecule has 0 aliphatic heterocycles. The van der Waals surface area contributed by atoms with Crippen molar-refractivity contribution in [3.63, 3.8) is 0 Å². The second kappa shape index (κ2) is 5.61. The predicted octanol–water partition coefficient (Wildman–Crippen LogP) is 1.82. The molecule has 1 aromatic rings. The Bertz CT molecular complexity index is 326. The predicted molar refractivity (Wildman–Crippen MR) is 66.0 cm³/mol. The van der Waals surface area contributed by atoms with E-state index in [-0.39, 0.29) is 18.1 Å². The van der Waals surface area contributed by atoms with Gasteiger partial charge in [0.2, 0.25) is 5.88 Å². The van der Waals surface area contributed by atoms with E-state index in [2.05, 4.69) is 16.6 Å². The van der Waals surface area contributed by atoms with E-state index in [1.165, 1.54) is 11.5 Å². The summed E-state index contributed by atoms with van der Waals surface area (Å²) >= 11 is 1.44. The van der Waals surface area contributed by atoms with Gasteiger partial charge in [-0.15, -0.1) is 0 Å². The van der Waals surface area contributed by atoms with Crippen molar-refractivity contribution in [1.29, 1.82) is 0 Å². The van der Waals surface area contributed by atoms with E-state index >= 15 is 0 Å². The highest BCUT2D eigenvalue weighted by Crippen LogP contribution is 2.23. The van der Waals surface area contributed by atoms with Gasteiger partial charge in [0.15, 0.2) is 0 Å². The van der Waals surface area contributed by atoms with Gasteiger partial charge in [-0.3, -0.25) is 0 Å². The highest BCUT2D eigenvalue weighted by atomic mass is 32.1. The summed E-state index contributed by atoms with van der Waals surface area (Å²) in [6, 6.07) is 2.17. The van der Waals surface area contributed by atoms with E-state index in [1.807, 2.05) is 19.9 Å². The second-order valence-electron chi connectivity index (χ2n) is 4.70. The number of aliphatic hydroxyl groups excluding tert-OH is 1. The number of ether oxygens (including phenoxy) is 1. The fourth-order valence-corrected chi connectivity index (χ4v) is 1.88. The molecule has 0 spiro atoms. The van der Waals surface area contributed by atoms with Crippen LogP contribution in [0, 0.1) is 5.41 Å². The number of aliphatic hydroxyl groups is 1. The van der Waals surface area contributed by atoms with Crippen molar-refractivity contribution in [2.45, 2.75) is 26.8 Å². The van der Waals surface area contributed by atoms with Crippen LogP contribution < -0.4 is 10.1 Å². The molecular formula is C11H20N2O2S. The van der Waals surface area contributed by atoms with E-state index < -0.39 is 0 Å². The maximum atomic E-state index is 9.15. The van der Waals surface area contributed by atoms with Crippen molar-refractivity contribution in [2.24, 2.45) is 5.41 Å². The SMILES string of the molecule is COc1cc(C(C)NCC(C)(C)CO)sn1. The first-order valence-electron chi connectivity index (χ1n) is 5.33. The van der Waals surface area contributed by atoms with Gasteiger partial charge in [0.25, 0.3) is 0 Å². The van der Waals surface area contributed by atoms with Gasteiger partial charge in [0.1, 0.15) is 0 Å². The Morgan fingerprint density at radius 1 is 1.62 bits per heavy atom. The Morgan fingerprint density at radius 3 is 2.81 bits per heavy atom. The maximum Gasteiger partial charge on any atom is 0.225 e. The highest BCUT2D eigenvalue weighted by Gasteiger charge is 2.18. The first-order chi connectivity index (χ1) is 7.48. The molecule has 4 nitrogen and oxygen atoms in total. The molecule has 0 aromatic carbocycles. The van der Waals surface area contributed by atoms with E-state index in [4.69, 9.17) is 9.84 Å². The van der Waals surface area contributed by atoms with E-state index in [9.17, 15) is 0 Å². The van der Waals surface area contributed by atoms with Gasteiger partial charge in [-0.1, -0.05) is 13.8 Å². The molecule has 5 heteroatoms. The van der Waals surface area contributed by atoms with Crippen LogP contribution in [0.3, 0.4) is 0 Å². The fourth-order valence-electron chi connectivity index (χ4n) is 1.16. The van der Waals surface area contributed by atoms with Crippen LogP contribution in [0.1, 0.15) is 31.7 Å². The van der Waals surface area contributed by atoms with Crippen LogP contribution in [-0.2, 0) is 0 Å². The molecule has 1 atom stereocenters. The Labute approximate surface area is 101 Å². The molecule has 1 aromatic heterocycles. The molecule has 2 N–H and O–H groups in total. The summed E-state index contributed by atoms with van der Waals surface area (Å²) in [5.41, 5.74) is -0.0942. The van der Waals surface area contributed by atoms with Crippen LogP contribution in [-0.4, -0.2) is 29.7 Å². The summed E-state index contributed by atoms with van der Waals surface area (Å²) in [4.78, 5) is 1.14. The number of aromatic nitrogens is 1. The first kappa shape index (κ1) is 13.4. The zero-order chi connectivity index (χ0) is 12.2. The van der Waals surface area contributed by atoms with Gasteiger partial charge in [-0.05, 0) is 18.5 Å². The van der Waals surface area contributed by atoms with Crippen molar-refractivity contribution in [3.05, 3.63) is 10.9 Å². The molecule has 0 saturated heterocycles. The number of hydrogen-bond acceptors (Lipinski definition) is 5. The largest absolute Gasteiger partial charge is 0.480 e. The zero-order valence-corrected chi connectivity index (χ0v) is 11.1. The van der Waals surface area contributed by atoms with E-state index in [1.54, 1.807) is 7.11 Å². The molecule has 0 aliphatic carbocycles. The summed E-state index contributed by atoms with van der Waals surface area (Å²) in [5.74, 6) is 0.662. The van der Waals surface area contributed by atoms with Crippen molar-refractivity contribution in [3.8, 4) is 5.88 Å². The first-order valence-corrected chi connectivity index (χ1v) is 6.11. The molecular weight excluding hydrogens is 224 g/mol. The molecule has 0 saturated carbocycles. The topological polar surface area (TPSA) is 54.4 Å². The minimum Gasteiger partial charge on any atom is -0.480 e. The normalized spacial score (nSPS) is 13.8. The number of nitrogens with one attached hydrogen (secondary N) is 1. The number of hydrogen-bond donors (Lipinski definition) is 2. The molecule has 0 radical (unpaired) electrons. The van der Waals surface area contributed by atoms with Crippen LogP contribution in [0.2, 0.25) is 0 Å². The molecule has 0 fully saturated rings. The van der Waals surface area contributed by atoms with Crippen molar-refractivity contribution < 1.29 is 9.84 Å². The average Bonchev–Trinajstić information content (AvgIpc) is 2.74. The lowest BCUT2D eigenvalue weighted by Crippen LogP contribution is -2.33. The van der Waals surface area contributed by atoms with Gasteiger partial charge in [-0.25, -0.2) is 0 Å². The molecule has 0 bridgehead atoms. The smallest absolute Gasteiger partial charge is 0.225 e. The highest BCUT2D eigenvalue weighted by molar-refractivity contribution is 7.06. The lowest BCUT2D eigenvalue weighted by atomic mass is 9.94. The third-order valence-electron chi connectivity index (χ3n) is 2.46. The lowest BCUT2D eigenvalue weighted by molar-refractivity contribution is 0.154. The summed E-state index contributed by atoms with van der Waals surface area (Å²) in [6.45, 7) is 7.09. The molecule has 1 unspecified atom stereocenters. The van der Waals surface area contributed by atoms with Crippen LogP contribution in [0.15, 0.2) is 6.07 Å². The van der Waals surface area contributed by atoms with Gasteiger partial charge < -0.3 is 15.2 Å². The van der Waals surface area contributed by atoms with Crippen LogP contribution in [0.5, 0.6) is 5.88 Å². The maximum absolute atomic E-state index is 9.15. The Balaban J connectivity index is 2.49. The van der Waals surface area contributed by atoms with Crippen LogP contribution in [0.25, 0.3) is 0 Å². The minimum atomic E-state index is -0.0942. The Hall–Kier alpha value is -0.650. The molecule has 1 heterocycles. The van der Waals surface area contributed by atoms with E-state index in [0.29, 0.717) is 5.88 Å². The number of methoxy groups -OCH3 is 1. The standard InChI is InChI=1S/C11H20N2O2S/c1-8(12-6-11(2,3)7-14)9-5-10(15-4)13-16-9/h5,8,12,14H,6-7H2,1-4H3. The molecule has 0 aliphatic rings.